The van der Waals surface area contributed by atoms with Crippen molar-refractivity contribution in [1.29, 1.82) is 0 Å². The van der Waals surface area contributed by atoms with Crippen LogP contribution in [0.15, 0.2) is 49.3 Å². The summed E-state index contributed by atoms with van der Waals surface area (Å²) in [4.78, 5) is 21.9. The standard InChI is InChI=1S/C16H15N7/c1-2-23-13-10-17-7-4-12(13)21-14(23)11-22-9-8-20-16(22)15-18-5-3-6-19-15/h3-10H,2,11H2,1H3. The number of hydrogen-bond donors (Lipinski definition) is 0. The Labute approximate surface area is 132 Å². The van der Waals surface area contributed by atoms with Gasteiger partial charge in [-0.25, -0.2) is 19.9 Å². The molecule has 0 radical (unpaired) electrons. The maximum atomic E-state index is 4.73. The summed E-state index contributed by atoms with van der Waals surface area (Å²) in [6, 6.07) is 3.72. The van der Waals surface area contributed by atoms with E-state index in [0.29, 0.717) is 12.4 Å². The highest BCUT2D eigenvalue weighted by Crippen LogP contribution is 2.18. The van der Waals surface area contributed by atoms with Gasteiger partial charge in [0, 0.05) is 37.5 Å². The highest BCUT2D eigenvalue weighted by molar-refractivity contribution is 5.74. The predicted octanol–water partition coefficient (Wildman–Crippen LogP) is 2.15. The van der Waals surface area contributed by atoms with E-state index in [1.807, 2.05) is 23.0 Å². The number of pyridine rings is 1. The van der Waals surface area contributed by atoms with Crippen LogP contribution in [0.5, 0.6) is 0 Å². The third-order valence-electron chi connectivity index (χ3n) is 3.74. The van der Waals surface area contributed by atoms with Gasteiger partial charge < -0.3 is 9.13 Å². The molecule has 0 spiro atoms. The zero-order valence-corrected chi connectivity index (χ0v) is 12.7. The summed E-state index contributed by atoms with van der Waals surface area (Å²) in [6.07, 6.45) is 10.7. The summed E-state index contributed by atoms with van der Waals surface area (Å²) in [6.45, 7) is 3.55. The van der Waals surface area contributed by atoms with Crippen LogP contribution < -0.4 is 0 Å². The summed E-state index contributed by atoms with van der Waals surface area (Å²) < 4.78 is 4.17. The first kappa shape index (κ1) is 13.6. The predicted molar refractivity (Wildman–Crippen MR) is 85.6 cm³/mol. The van der Waals surface area contributed by atoms with E-state index in [2.05, 4.69) is 31.4 Å². The van der Waals surface area contributed by atoms with Crippen LogP contribution in [0.4, 0.5) is 0 Å². The van der Waals surface area contributed by atoms with Crippen LogP contribution in [0.25, 0.3) is 22.7 Å². The van der Waals surface area contributed by atoms with Crippen molar-refractivity contribution >= 4 is 11.0 Å². The van der Waals surface area contributed by atoms with E-state index in [0.717, 1.165) is 29.2 Å². The van der Waals surface area contributed by atoms with Gasteiger partial charge in [-0.3, -0.25) is 4.98 Å². The van der Waals surface area contributed by atoms with E-state index in [1.165, 1.54) is 0 Å². The van der Waals surface area contributed by atoms with Crippen LogP contribution in [0.2, 0.25) is 0 Å². The molecule has 0 saturated carbocycles. The smallest absolute Gasteiger partial charge is 0.195 e. The van der Waals surface area contributed by atoms with Crippen molar-refractivity contribution in [2.24, 2.45) is 0 Å². The Morgan fingerprint density at radius 1 is 1.04 bits per heavy atom. The Morgan fingerprint density at radius 2 is 1.91 bits per heavy atom. The molecule has 4 aromatic rings. The van der Waals surface area contributed by atoms with Crippen LogP contribution >= 0.6 is 0 Å². The number of aromatic nitrogens is 7. The topological polar surface area (TPSA) is 74.3 Å². The monoisotopic (exact) mass is 305 g/mol. The Kier molecular flexibility index (Phi) is 3.30. The Bertz CT molecular complexity index is 939. The van der Waals surface area contributed by atoms with Crippen LogP contribution in [-0.4, -0.2) is 34.1 Å². The van der Waals surface area contributed by atoms with Gasteiger partial charge in [0.2, 0.25) is 0 Å². The molecule has 4 rings (SSSR count). The Balaban J connectivity index is 1.76. The summed E-state index contributed by atoms with van der Waals surface area (Å²) in [5.74, 6) is 2.31. The molecule has 4 heterocycles. The third kappa shape index (κ3) is 2.36. The van der Waals surface area contributed by atoms with E-state index >= 15 is 0 Å². The Morgan fingerprint density at radius 3 is 2.74 bits per heavy atom. The average molecular weight is 305 g/mol. The molecule has 0 atom stereocenters. The molecule has 0 aliphatic carbocycles. The molecule has 0 bridgehead atoms. The van der Waals surface area contributed by atoms with Gasteiger partial charge in [0.25, 0.3) is 0 Å². The fourth-order valence-electron chi connectivity index (χ4n) is 2.70. The lowest BCUT2D eigenvalue weighted by Crippen LogP contribution is -2.09. The number of hydrogen-bond acceptors (Lipinski definition) is 5. The molecule has 0 aliphatic rings. The quantitative estimate of drug-likeness (QED) is 0.577. The molecular formula is C16H15N7. The number of fused-ring (bicyclic) bond motifs is 1. The SMILES string of the molecule is CCn1c(Cn2ccnc2-c2ncccn2)nc2ccncc21. The summed E-state index contributed by atoms with van der Waals surface area (Å²) in [7, 11) is 0. The maximum Gasteiger partial charge on any atom is 0.195 e. The van der Waals surface area contributed by atoms with E-state index in [1.54, 1.807) is 30.9 Å². The fourth-order valence-corrected chi connectivity index (χ4v) is 2.70. The minimum Gasteiger partial charge on any atom is -0.325 e. The van der Waals surface area contributed by atoms with Gasteiger partial charge in [-0.1, -0.05) is 0 Å². The summed E-state index contributed by atoms with van der Waals surface area (Å²) in [5, 5.41) is 0. The van der Waals surface area contributed by atoms with Crippen molar-refractivity contribution in [1.82, 2.24) is 34.1 Å². The molecule has 0 unspecified atom stereocenters. The van der Waals surface area contributed by atoms with Crippen molar-refractivity contribution < 1.29 is 0 Å². The van der Waals surface area contributed by atoms with E-state index in [-0.39, 0.29) is 0 Å². The van der Waals surface area contributed by atoms with Crippen molar-refractivity contribution in [2.75, 3.05) is 0 Å². The molecule has 23 heavy (non-hydrogen) atoms. The molecule has 0 fully saturated rings. The minimum atomic E-state index is 0.607. The average Bonchev–Trinajstić information content (AvgIpc) is 3.19. The first-order valence-corrected chi connectivity index (χ1v) is 7.44. The first-order chi connectivity index (χ1) is 11.4. The van der Waals surface area contributed by atoms with E-state index in [4.69, 9.17) is 4.98 Å². The van der Waals surface area contributed by atoms with Crippen LogP contribution in [-0.2, 0) is 13.1 Å². The van der Waals surface area contributed by atoms with Gasteiger partial charge in [-0.05, 0) is 19.1 Å². The summed E-state index contributed by atoms with van der Waals surface area (Å²) >= 11 is 0. The molecule has 0 amide bonds. The zero-order valence-electron chi connectivity index (χ0n) is 12.7. The van der Waals surface area contributed by atoms with Crippen LogP contribution in [0.3, 0.4) is 0 Å². The first-order valence-electron chi connectivity index (χ1n) is 7.44. The largest absolute Gasteiger partial charge is 0.325 e. The second-order valence-electron chi connectivity index (χ2n) is 5.09. The molecular weight excluding hydrogens is 290 g/mol. The lowest BCUT2D eigenvalue weighted by Gasteiger charge is -2.09. The van der Waals surface area contributed by atoms with Gasteiger partial charge in [0.15, 0.2) is 11.6 Å². The molecule has 7 nitrogen and oxygen atoms in total. The highest BCUT2D eigenvalue weighted by atomic mass is 15.2. The zero-order chi connectivity index (χ0) is 15.6. The third-order valence-corrected chi connectivity index (χ3v) is 3.74. The molecule has 7 heteroatoms. The normalized spacial score (nSPS) is 11.2. The number of rotatable bonds is 4. The summed E-state index contributed by atoms with van der Waals surface area (Å²) in [5.41, 5.74) is 2.00. The molecule has 0 aromatic carbocycles. The van der Waals surface area contributed by atoms with Gasteiger partial charge in [-0.15, -0.1) is 0 Å². The molecule has 0 saturated heterocycles. The number of imidazole rings is 2. The van der Waals surface area contributed by atoms with Gasteiger partial charge in [0.05, 0.1) is 23.8 Å². The van der Waals surface area contributed by atoms with E-state index in [9.17, 15) is 0 Å². The van der Waals surface area contributed by atoms with Gasteiger partial charge in [-0.2, -0.15) is 0 Å². The van der Waals surface area contributed by atoms with Crippen molar-refractivity contribution in [3.05, 3.63) is 55.1 Å². The maximum absolute atomic E-state index is 4.73. The van der Waals surface area contributed by atoms with Gasteiger partial charge in [0.1, 0.15) is 5.82 Å². The van der Waals surface area contributed by atoms with Crippen molar-refractivity contribution in [2.45, 2.75) is 20.0 Å². The number of aryl methyl sites for hydroxylation is 1. The lowest BCUT2D eigenvalue weighted by molar-refractivity contribution is 0.665. The molecule has 0 aliphatic heterocycles. The molecule has 4 aromatic heterocycles. The highest BCUT2D eigenvalue weighted by Gasteiger charge is 2.13. The second-order valence-corrected chi connectivity index (χ2v) is 5.09. The van der Waals surface area contributed by atoms with Crippen molar-refractivity contribution in [3.8, 4) is 11.6 Å². The van der Waals surface area contributed by atoms with Crippen LogP contribution in [0.1, 0.15) is 12.7 Å². The second kappa shape index (κ2) is 5.60. The van der Waals surface area contributed by atoms with Crippen LogP contribution in [0, 0.1) is 0 Å². The minimum absolute atomic E-state index is 0.607. The molecule has 114 valence electrons. The van der Waals surface area contributed by atoms with Gasteiger partial charge >= 0.3 is 0 Å². The van der Waals surface area contributed by atoms with E-state index < -0.39 is 0 Å². The fraction of sp³-hybridized carbons (Fsp3) is 0.188. The van der Waals surface area contributed by atoms with Crippen molar-refractivity contribution in [3.63, 3.8) is 0 Å². The molecule has 0 N–H and O–H groups in total. The number of nitrogens with zero attached hydrogens (tertiary/aromatic N) is 7. The Hall–Kier alpha value is -3.09. The lowest BCUT2D eigenvalue weighted by atomic mass is 10.4.